The van der Waals surface area contributed by atoms with E-state index in [0.29, 0.717) is 24.4 Å². The van der Waals surface area contributed by atoms with Gasteiger partial charge in [0.15, 0.2) is 0 Å². The van der Waals surface area contributed by atoms with Gasteiger partial charge in [0.25, 0.3) is 5.91 Å². The molecule has 1 aromatic rings. The molecule has 0 saturated heterocycles. The first-order chi connectivity index (χ1) is 10.5. The van der Waals surface area contributed by atoms with Crippen molar-refractivity contribution in [2.24, 2.45) is 5.73 Å². The number of carboxylic acid groups (broad SMARTS) is 1. The van der Waals surface area contributed by atoms with Crippen LogP contribution in [0.15, 0.2) is 12.1 Å². The summed E-state index contributed by atoms with van der Waals surface area (Å²) < 4.78 is 5.60. The minimum atomic E-state index is -0.973. The second-order valence-electron chi connectivity index (χ2n) is 6.38. The van der Waals surface area contributed by atoms with Gasteiger partial charge in [0.2, 0.25) is 0 Å². The Bertz CT molecular complexity index is 594. The highest BCUT2D eigenvalue weighted by Gasteiger charge is 2.25. The molecule has 0 bridgehead atoms. The summed E-state index contributed by atoms with van der Waals surface area (Å²) in [4.78, 5) is 24.0. The van der Waals surface area contributed by atoms with Gasteiger partial charge < -0.3 is 26.2 Å². The quantitative estimate of drug-likeness (QED) is 0.548. The maximum Gasteiger partial charge on any atom is 0.407 e. The molecular formula is C16H25N3O4. The van der Waals surface area contributed by atoms with Gasteiger partial charge in [0.05, 0.1) is 12.2 Å². The number of amides is 2. The number of nitrogens with two attached hydrogens (primary N) is 2. The fourth-order valence-corrected chi connectivity index (χ4v) is 2.13. The third kappa shape index (κ3) is 5.05. The predicted molar refractivity (Wildman–Crippen MR) is 88.7 cm³/mol. The van der Waals surface area contributed by atoms with E-state index in [2.05, 4.69) is 0 Å². The summed E-state index contributed by atoms with van der Waals surface area (Å²) in [7, 11) is 0. The summed E-state index contributed by atoms with van der Waals surface area (Å²) in [5.41, 5.74) is 12.1. The number of hydrogen-bond donors (Lipinski definition) is 3. The summed E-state index contributed by atoms with van der Waals surface area (Å²) in [5, 5.41) is 9.22. The van der Waals surface area contributed by atoms with Gasteiger partial charge >= 0.3 is 6.09 Å². The number of anilines is 1. The Hall–Kier alpha value is -2.44. The van der Waals surface area contributed by atoms with Crippen LogP contribution in [0.2, 0.25) is 0 Å². The number of nitrogens with zero attached hydrogens (tertiary/aromatic N) is 1. The topological polar surface area (TPSA) is 119 Å². The van der Waals surface area contributed by atoms with Gasteiger partial charge in [-0.1, -0.05) is 0 Å². The van der Waals surface area contributed by atoms with Crippen molar-refractivity contribution < 1.29 is 19.4 Å². The van der Waals surface area contributed by atoms with Gasteiger partial charge in [-0.3, -0.25) is 4.79 Å². The zero-order valence-corrected chi connectivity index (χ0v) is 14.0. The van der Waals surface area contributed by atoms with Crippen LogP contribution in [0.3, 0.4) is 0 Å². The molecule has 0 unspecified atom stereocenters. The SMILES string of the molecule is Cc1cc(OCCCN(C(=O)O)C(C)(C)C)c(C(N)=O)cc1N. The normalized spacial score (nSPS) is 11.1. The molecule has 0 spiro atoms. The largest absolute Gasteiger partial charge is 0.493 e. The van der Waals surface area contributed by atoms with E-state index in [4.69, 9.17) is 16.2 Å². The van der Waals surface area contributed by atoms with E-state index in [1.165, 1.54) is 11.0 Å². The summed E-state index contributed by atoms with van der Waals surface area (Å²) in [6.07, 6.45) is -0.482. The molecule has 0 aliphatic carbocycles. The van der Waals surface area contributed by atoms with Crippen LogP contribution in [0.5, 0.6) is 5.75 Å². The third-order valence-corrected chi connectivity index (χ3v) is 3.46. The maximum atomic E-state index is 11.4. The Morgan fingerprint density at radius 2 is 1.91 bits per heavy atom. The van der Waals surface area contributed by atoms with Crippen LogP contribution in [0.25, 0.3) is 0 Å². The van der Waals surface area contributed by atoms with Gasteiger partial charge in [-0.25, -0.2) is 4.79 Å². The Balaban J connectivity index is 2.71. The van der Waals surface area contributed by atoms with E-state index in [9.17, 15) is 14.7 Å². The van der Waals surface area contributed by atoms with Crippen LogP contribution in [0, 0.1) is 6.92 Å². The molecule has 0 fully saturated rings. The molecule has 7 nitrogen and oxygen atoms in total. The molecule has 23 heavy (non-hydrogen) atoms. The lowest BCUT2D eigenvalue weighted by molar-refractivity contribution is 0.0961. The first kappa shape index (κ1) is 18.6. The highest BCUT2D eigenvalue weighted by molar-refractivity contribution is 5.96. The lowest BCUT2D eigenvalue weighted by Gasteiger charge is -2.33. The van der Waals surface area contributed by atoms with E-state index in [1.54, 1.807) is 13.0 Å². The molecule has 0 radical (unpaired) electrons. The Labute approximate surface area is 136 Å². The van der Waals surface area contributed by atoms with Crippen LogP contribution < -0.4 is 16.2 Å². The highest BCUT2D eigenvalue weighted by Crippen LogP contribution is 2.25. The van der Waals surface area contributed by atoms with Gasteiger partial charge in [-0.15, -0.1) is 0 Å². The van der Waals surface area contributed by atoms with E-state index in [1.807, 2.05) is 20.8 Å². The monoisotopic (exact) mass is 323 g/mol. The fourth-order valence-electron chi connectivity index (χ4n) is 2.13. The summed E-state index contributed by atoms with van der Waals surface area (Å²) in [5.74, 6) is -0.254. The molecule has 0 atom stereocenters. The van der Waals surface area contributed by atoms with Crippen LogP contribution in [0.1, 0.15) is 43.1 Å². The lowest BCUT2D eigenvalue weighted by atomic mass is 10.1. The number of rotatable bonds is 6. The van der Waals surface area contributed by atoms with Gasteiger partial charge in [-0.05, 0) is 51.8 Å². The van der Waals surface area contributed by atoms with Crippen molar-refractivity contribution in [1.29, 1.82) is 0 Å². The second-order valence-corrected chi connectivity index (χ2v) is 6.38. The smallest absolute Gasteiger partial charge is 0.407 e. The van der Waals surface area contributed by atoms with Crippen LogP contribution in [-0.2, 0) is 0 Å². The number of carbonyl (C=O) groups excluding carboxylic acids is 1. The fraction of sp³-hybridized carbons (Fsp3) is 0.500. The van der Waals surface area contributed by atoms with Crippen molar-refractivity contribution in [3.8, 4) is 5.75 Å². The first-order valence-corrected chi connectivity index (χ1v) is 7.37. The molecule has 128 valence electrons. The maximum absolute atomic E-state index is 11.4. The Morgan fingerprint density at radius 3 is 2.39 bits per heavy atom. The van der Waals surface area contributed by atoms with E-state index in [-0.39, 0.29) is 12.2 Å². The van der Waals surface area contributed by atoms with Crippen LogP contribution in [-0.4, -0.2) is 40.7 Å². The lowest BCUT2D eigenvalue weighted by Crippen LogP contribution is -2.45. The predicted octanol–water partition coefficient (Wildman–Crippen LogP) is 2.22. The Kier molecular flexibility index (Phi) is 5.84. The van der Waals surface area contributed by atoms with Crippen molar-refractivity contribution in [2.45, 2.75) is 39.7 Å². The zero-order valence-electron chi connectivity index (χ0n) is 14.0. The molecule has 0 aromatic heterocycles. The van der Waals surface area contributed by atoms with E-state index in [0.717, 1.165) is 5.56 Å². The molecule has 0 heterocycles. The molecule has 0 aliphatic rings. The number of benzene rings is 1. The van der Waals surface area contributed by atoms with Gasteiger partial charge in [-0.2, -0.15) is 0 Å². The van der Waals surface area contributed by atoms with Crippen molar-refractivity contribution in [1.82, 2.24) is 4.90 Å². The second kappa shape index (κ2) is 7.21. The van der Waals surface area contributed by atoms with Crippen LogP contribution in [0.4, 0.5) is 10.5 Å². The molecule has 0 aliphatic heterocycles. The number of nitrogen functional groups attached to an aromatic ring is 1. The van der Waals surface area contributed by atoms with Gasteiger partial charge in [0, 0.05) is 17.8 Å². The summed E-state index contributed by atoms with van der Waals surface area (Å²) >= 11 is 0. The average Bonchev–Trinajstić information content (AvgIpc) is 2.39. The molecule has 1 aromatic carbocycles. The number of ether oxygens (including phenoxy) is 1. The molecule has 2 amide bonds. The van der Waals surface area contributed by atoms with Crippen molar-refractivity contribution >= 4 is 17.7 Å². The summed E-state index contributed by atoms with van der Waals surface area (Å²) in [6.45, 7) is 7.89. The first-order valence-electron chi connectivity index (χ1n) is 7.37. The third-order valence-electron chi connectivity index (χ3n) is 3.46. The number of primary amides is 1. The Morgan fingerprint density at radius 1 is 1.30 bits per heavy atom. The number of hydrogen-bond acceptors (Lipinski definition) is 4. The molecule has 7 heteroatoms. The zero-order chi connectivity index (χ0) is 17.8. The van der Waals surface area contributed by atoms with Crippen molar-refractivity contribution in [3.05, 3.63) is 23.3 Å². The van der Waals surface area contributed by atoms with Crippen molar-refractivity contribution in [2.75, 3.05) is 18.9 Å². The highest BCUT2D eigenvalue weighted by atomic mass is 16.5. The molecule has 0 saturated carbocycles. The molecular weight excluding hydrogens is 298 g/mol. The number of aryl methyl sites for hydroxylation is 1. The summed E-state index contributed by atoms with van der Waals surface area (Å²) in [6, 6.07) is 3.15. The molecule has 5 N–H and O–H groups in total. The minimum Gasteiger partial charge on any atom is -0.493 e. The minimum absolute atomic E-state index is 0.221. The van der Waals surface area contributed by atoms with Crippen molar-refractivity contribution in [3.63, 3.8) is 0 Å². The van der Waals surface area contributed by atoms with E-state index >= 15 is 0 Å². The van der Waals surface area contributed by atoms with E-state index < -0.39 is 17.5 Å². The molecule has 1 rings (SSSR count). The number of carbonyl (C=O) groups is 2. The van der Waals surface area contributed by atoms with Crippen LogP contribution >= 0.6 is 0 Å². The average molecular weight is 323 g/mol. The van der Waals surface area contributed by atoms with Gasteiger partial charge in [0.1, 0.15) is 5.75 Å². The standard InChI is InChI=1S/C16H25N3O4/c1-10-8-13(11(14(18)20)9-12(10)17)23-7-5-6-19(15(21)22)16(2,3)4/h8-9H,5-7,17H2,1-4H3,(H2,18,20)(H,21,22).